The first kappa shape index (κ1) is 10.5. The number of amides is 1. The highest BCUT2D eigenvalue weighted by Crippen LogP contribution is 2.34. The molecular weight excluding hydrogens is 234 g/mol. The molecule has 3 rings (SSSR count). The molecule has 17 heavy (non-hydrogen) atoms. The maximum Gasteiger partial charge on any atom is 0.227 e. The maximum absolute atomic E-state index is 11.8. The number of hydrogen-bond donors (Lipinski definition) is 2. The largest absolute Gasteiger partial charge is 0.322 e. The summed E-state index contributed by atoms with van der Waals surface area (Å²) in [5, 5.41) is 14.2. The van der Waals surface area contributed by atoms with Gasteiger partial charge in [-0.15, -0.1) is 0 Å². The monoisotopic (exact) mass is 247 g/mol. The van der Waals surface area contributed by atoms with Crippen LogP contribution in [0.1, 0.15) is 18.5 Å². The van der Waals surface area contributed by atoms with E-state index in [1.807, 2.05) is 23.8 Å². The summed E-state index contributed by atoms with van der Waals surface area (Å²) in [4.78, 5) is 11.8. The fraction of sp³-hybridized carbons (Fsp3) is 0.333. The maximum atomic E-state index is 11.8. The van der Waals surface area contributed by atoms with E-state index in [9.17, 15) is 4.79 Å². The van der Waals surface area contributed by atoms with E-state index < -0.39 is 0 Å². The van der Waals surface area contributed by atoms with Gasteiger partial charge in [0, 0.05) is 16.9 Å². The molecule has 0 aromatic carbocycles. The summed E-state index contributed by atoms with van der Waals surface area (Å²) in [6.45, 7) is 1.92. The highest BCUT2D eigenvalue weighted by atomic mass is 32.1. The summed E-state index contributed by atoms with van der Waals surface area (Å²) >= 11 is 1.62. The summed E-state index contributed by atoms with van der Waals surface area (Å²) < 4.78 is 0. The Morgan fingerprint density at radius 1 is 1.59 bits per heavy atom. The lowest BCUT2D eigenvalue weighted by molar-refractivity contribution is -0.117. The molecule has 0 saturated heterocycles. The Hall–Kier alpha value is -1.62. The fourth-order valence-electron chi connectivity index (χ4n) is 1.76. The standard InChI is InChI=1S/C12H13N3OS/c1-7-10(13-12(16)8-2-3-8)11(15-14-7)9-4-5-17-6-9/h4-6,8H,2-3H2,1H3,(H,13,16)(H,14,15). The van der Waals surface area contributed by atoms with Gasteiger partial charge in [0.1, 0.15) is 5.69 Å². The number of H-pyrrole nitrogens is 1. The van der Waals surface area contributed by atoms with Gasteiger partial charge in [-0.25, -0.2) is 0 Å². The minimum absolute atomic E-state index is 0.117. The quantitative estimate of drug-likeness (QED) is 0.876. The van der Waals surface area contributed by atoms with Crippen LogP contribution in [-0.2, 0) is 4.79 Å². The molecule has 1 amide bonds. The summed E-state index contributed by atoms with van der Waals surface area (Å²) in [6.07, 6.45) is 2.02. The van der Waals surface area contributed by atoms with Crippen LogP contribution in [0.3, 0.4) is 0 Å². The highest BCUT2D eigenvalue weighted by Gasteiger charge is 2.30. The van der Waals surface area contributed by atoms with Gasteiger partial charge in [-0.3, -0.25) is 9.89 Å². The number of carbonyl (C=O) groups excluding carboxylic acids is 1. The molecule has 0 unspecified atom stereocenters. The van der Waals surface area contributed by atoms with E-state index in [0.29, 0.717) is 0 Å². The Labute approximate surface area is 103 Å². The van der Waals surface area contributed by atoms with Crippen molar-refractivity contribution in [3.8, 4) is 11.3 Å². The number of thiophene rings is 1. The number of nitrogens with zero attached hydrogens (tertiary/aromatic N) is 1. The van der Waals surface area contributed by atoms with E-state index in [4.69, 9.17) is 0 Å². The van der Waals surface area contributed by atoms with Crippen molar-refractivity contribution in [3.63, 3.8) is 0 Å². The number of aromatic nitrogens is 2. The van der Waals surface area contributed by atoms with E-state index in [0.717, 1.165) is 35.5 Å². The normalized spacial score (nSPS) is 14.9. The van der Waals surface area contributed by atoms with Crippen LogP contribution in [0.5, 0.6) is 0 Å². The van der Waals surface area contributed by atoms with Gasteiger partial charge in [-0.05, 0) is 31.2 Å². The van der Waals surface area contributed by atoms with Gasteiger partial charge in [0.2, 0.25) is 5.91 Å². The van der Waals surface area contributed by atoms with Crippen molar-refractivity contribution in [1.29, 1.82) is 0 Å². The van der Waals surface area contributed by atoms with Gasteiger partial charge in [-0.1, -0.05) is 0 Å². The molecule has 0 spiro atoms. The lowest BCUT2D eigenvalue weighted by Gasteiger charge is -2.04. The number of hydrogen-bond acceptors (Lipinski definition) is 3. The van der Waals surface area contributed by atoms with Crippen LogP contribution in [0.4, 0.5) is 5.69 Å². The molecule has 0 atom stereocenters. The molecule has 2 aromatic rings. The zero-order valence-corrected chi connectivity index (χ0v) is 10.3. The topological polar surface area (TPSA) is 57.8 Å². The molecule has 2 heterocycles. The van der Waals surface area contributed by atoms with Crippen LogP contribution < -0.4 is 5.32 Å². The van der Waals surface area contributed by atoms with Crippen molar-refractivity contribution in [2.45, 2.75) is 19.8 Å². The number of rotatable bonds is 3. The zero-order valence-electron chi connectivity index (χ0n) is 9.49. The smallest absolute Gasteiger partial charge is 0.227 e. The Morgan fingerprint density at radius 3 is 3.06 bits per heavy atom. The minimum Gasteiger partial charge on any atom is -0.322 e. The first-order valence-corrected chi connectivity index (χ1v) is 6.58. The van der Waals surface area contributed by atoms with Crippen molar-refractivity contribution in [2.75, 3.05) is 5.32 Å². The predicted octanol–water partition coefficient (Wildman–Crippen LogP) is 2.80. The average molecular weight is 247 g/mol. The Morgan fingerprint density at radius 2 is 2.41 bits per heavy atom. The number of nitrogens with one attached hydrogen (secondary N) is 2. The zero-order chi connectivity index (χ0) is 11.8. The lowest BCUT2D eigenvalue weighted by Crippen LogP contribution is -2.14. The van der Waals surface area contributed by atoms with E-state index >= 15 is 0 Å². The van der Waals surface area contributed by atoms with Gasteiger partial charge in [0.15, 0.2) is 0 Å². The molecule has 1 fully saturated rings. The fourth-order valence-corrected chi connectivity index (χ4v) is 2.40. The van der Waals surface area contributed by atoms with Crippen LogP contribution in [0.2, 0.25) is 0 Å². The van der Waals surface area contributed by atoms with Crippen molar-refractivity contribution in [3.05, 3.63) is 22.5 Å². The lowest BCUT2D eigenvalue weighted by atomic mass is 10.2. The number of aryl methyl sites for hydroxylation is 1. The van der Waals surface area contributed by atoms with Crippen molar-refractivity contribution in [1.82, 2.24) is 10.2 Å². The Balaban J connectivity index is 1.92. The van der Waals surface area contributed by atoms with Gasteiger partial charge in [-0.2, -0.15) is 16.4 Å². The van der Waals surface area contributed by atoms with E-state index in [-0.39, 0.29) is 11.8 Å². The first-order valence-electron chi connectivity index (χ1n) is 5.64. The van der Waals surface area contributed by atoms with Crippen LogP contribution >= 0.6 is 11.3 Å². The third-order valence-electron chi connectivity index (χ3n) is 2.94. The number of carbonyl (C=O) groups is 1. The van der Waals surface area contributed by atoms with Crippen molar-refractivity contribution < 1.29 is 4.79 Å². The number of aromatic amines is 1. The van der Waals surface area contributed by atoms with Crippen LogP contribution in [0.15, 0.2) is 16.8 Å². The van der Waals surface area contributed by atoms with Gasteiger partial charge in [0.05, 0.1) is 11.4 Å². The molecule has 1 aliphatic rings. The summed E-state index contributed by atoms with van der Waals surface area (Å²) in [5.41, 5.74) is 3.60. The van der Waals surface area contributed by atoms with Crippen molar-refractivity contribution in [2.24, 2.45) is 5.92 Å². The van der Waals surface area contributed by atoms with Crippen LogP contribution in [0, 0.1) is 12.8 Å². The first-order chi connectivity index (χ1) is 8.25. The van der Waals surface area contributed by atoms with E-state index in [1.54, 1.807) is 11.3 Å². The van der Waals surface area contributed by atoms with Crippen LogP contribution in [-0.4, -0.2) is 16.1 Å². The number of anilines is 1. The molecule has 2 aromatic heterocycles. The van der Waals surface area contributed by atoms with Crippen molar-refractivity contribution >= 4 is 22.9 Å². The van der Waals surface area contributed by atoms with E-state index in [2.05, 4.69) is 15.5 Å². The van der Waals surface area contributed by atoms with Gasteiger partial charge < -0.3 is 5.32 Å². The molecule has 88 valence electrons. The molecule has 5 heteroatoms. The molecule has 4 nitrogen and oxygen atoms in total. The second-order valence-corrected chi connectivity index (χ2v) is 5.13. The molecule has 1 aliphatic carbocycles. The van der Waals surface area contributed by atoms with Gasteiger partial charge >= 0.3 is 0 Å². The highest BCUT2D eigenvalue weighted by molar-refractivity contribution is 7.08. The third-order valence-corrected chi connectivity index (χ3v) is 3.62. The SMILES string of the molecule is Cc1[nH]nc(-c2ccsc2)c1NC(=O)C1CC1. The molecule has 0 bridgehead atoms. The Kier molecular flexibility index (Phi) is 2.48. The third kappa shape index (κ3) is 1.98. The second-order valence-electron chi connectivity index (χ2n) is 4.35. The summed E-state index contributed by atoms with van der Waals surface area (Å²) in [7, 11) is 0. The predicted molar refractivity (Wildman–Crippen MR) is 68.0 cm³/mol. The molecule has 2 N–H and O–H groups in total. The van der Waals surface area contributed by atoms with Crippen LogP contribution in [0.25, 0.3) is 11.3 Å². The minimum atomic E-state index is 0.117. The summed E-state index contributed by atoms with van der Waals surface area (Å²) in [5.74, 6) is 0.325. The Bertz CT molecular complexity index is 540. The average Bonchev–Trinajstić information content (AvgIpc) is 2.93. The molecule has 1 saturated carbocycles. The molecule has 0 radical (unpaired) electrons. The van der Waals surface area contributed by atoms with E-state index in [1.165, 1.54) is 0 Å². The molecular formula is C12H13N3OS. The summed E-state index contributed by atoms with van der Waals surface area (Å²) in [6, 6.07) is 2.01. The van der Waals surface area contributed by atoms with Gasteiger partial charge in [0.25, 0.3) is 0 Å². The second kappa shape index (κ2) is 4.00. The molecule has 0 aliphatic heterocycles.